The number of carbonyl (C=O) groups excluding carboxylic acids is 1. The molecule has 98 valence electrons. The summed E-state index contributed by atoms with van der Waals surface area (Å²) in [6.07, 6.45) is -0.334. The molecule has 17 heavy (non-hydrogen) atoms. The number of rotatable bonds is 7. The number of amides is 1. The quantitative estimate of drug-likeness (QED) is 0.576. The molecular formula is C10H17NO6. The van der Waals surface area contributed by atoms with Gasteiger partial charge >= 0.3 is 11.9 Å². The second-order valence-corrected chi connectivity index (χ2v) is 3.75. The summed E-state index contributed by atoms with van der Waals surface area (Å²) in [5.74, 6) is -3.33. The van der Waals surface area contributed by atoms with Crippen LogP contribution >= 0.6 is 0 Å². The molecule has 0 bridgehead atoms. The second kappa shape index (κ2) is 6.19. The fourth-order valence-corrected chi connectivity index (χ4v) is 1.08. The van der Waals surface area contributed by atoms with Crippen molar-refractivity contribution in [2.75, 3.05) is 7.11 Å². The Kier molecular flexibility index (Phi) is 5.60. The first-order chi connectivity index (χ1) is 7.76. The Labute approximate surface area is 98.8 Å². The van der Waals surface area contributed by atoms with E-state index in [-0.39, 0.29) is 0 Å². The van der Waals surface area contributed by atoms with Gasteiger partial charge in [0.15, 0.2) is 0 Å². The highest BCUT2D eigenvalue weighted by molar-refractivity contribution is 5.90. The highest BCUT2D eigenvalue weighted by atomic mass is 16.5. The number of aliphatic carboxylic acids is 2. The summed E-state index contributed by atoms with van der Waals surface area (Å²) in [5.41, 5.74) is -1.16. The van der Waals surface area contributed by atoms with E-state index < -0.39 is 35.9 Å². The molecule has 0 heterocycles. The molecule has 0 rings (SSSR count). The number of ether oxygens (including phenoxy) is 1. The average Bonchev–Trinajstić information content (AvgIpc) is 2.26. The van der Waals surface area contributed by atoms with Crippen molar-refractivity contribution in [2.24, 2.45) is 0 Å². The van der Waals surface area contributed by atoms with Gasteiger partial charge in [0, 0.05) is 7.11 Å². The average molecular weight is 247 g/mol. The van der Waals surface area contributed by atoms with Crippen molar-refractivity contribution >= 4 is 17.8 Å². The van der Waals surface area contributed by atoms with E-state index in [1.54, 1.807) is 6.92 Å². The minimum atomic E-state index is -1.46. The molecule has 1 amide bonds. The maximum absolute atomic E-state index is 11.7. The maximum Gasteiger partial charge on any atom is 0.326 e. The van der Waals surface area contributed by atoms with Gasteiger partial charge in [-0.15, -0.1) is 0 Å². The largest absolute Gasteiger partial charge is 0.481 e. The van der Waals surface area contributed by atoms with Crippen LogP contribution in [0.2, 0.25) is 0 Å². The summed E-state index contributed by atoms with van der Waals surface area (Å²) in [6.45, 7) is 3.21. The lowest BCUT2D eigenvalue weighted by atomic mass is 10.0. The SMILES string of the molecule is CCC(C)(OC)C(=O)NC(CC(=O)O)C(=O)O. The van der Waals surface area contributed by atoms with Crippen LogP contribution in [0.3, 0.4) is 0 Å². The molecule has 7 heteroatoms. The summed E-state index contributed by atoms with van der Waals surface area (Å²) in [4.78, 5) is 32.9. The zero-order chi connectivity index (χ0) is 13.6. The van der Waals surface area contributed by atoms with Crippen LogP contribution < -0.4 is 5.32 Å². The summed E-state index contributed by atoms with van der Waals surface area (Å²) in [7, 11) is 1.33. The topological polar surface area (TPSA) is 113 Å². The summed E-state index contributed by atoms with van der Waals surface area (Å²) >= 11 is 0. The van der Waals surface area contributed by atoms with E-state index in [4.69, 9.17) is 14.9 Å². The third kappa shape index (κ3) is 4.39. The normalized spacial score (nSPS) is 15.7. The van der Waals surface area contributed by atoms with Crippen molar-refractivity contribution in [2.45, 2.75) is 38.3 Å². The molecule has 0 aromatic rings. The molecule has 0 saturated heterocycles. The van der Waals surface area contributed by atoms with E-state index in [0.29, 0.717) is 6.42 Å². The third-order valence-electron chi connectivity index (χ3n) is 2.59. The molecule has 0 fully saturated rings. The van der Waals surface area contributed by atoms with Crippen molar-refractivity contribution in [3.8, 4) is 0 Å². The first-order valence-corrected chi connectivity index (χ1v) is 5.07. The molecule has 0 aliphatic carbocycles. The van der Waals surface area contributed by atoms with Gasteiger partial charge < -0.3 is 20.3 Å². The summed E-state index contributed by atoms with van der Waals surface area (Å²) < 4.78 is 4.98. The van der Waals surface area contributed by atoms with Crippen molar-refractivity contribution in [3.05, 3.63) is 0 Å². The van der Waals surface area contributed by atoms with Crippen LogP contribution in [0.25, 0.3) is 0 Å². The highest BCUT2D eigenvalue weighted by Gasteiger charge is 2.34. The molecule has 2 atom stereocenters. The van der Waals surface area contributed by atoms with E-state index in [2.05, 4.69) is 5.32 Å². The first kappa shape index (κ1) is 15.4. The Morgan fingerprint density at radius 1 is 1.35 bits per heavy atom. The van der Waals surface area contributed by atoms with E-state index in [9.17, 15) is 14.4 Å². The van der Waals surface area contributed by atoms with Gasteiger partial charge in [-0.1, -0.05) is 6.92 Å². The monoisotopic (exact) mass is 247 g/mol. The van der Waals surface area contributed by atoms with Crippen LogP contribution in [0.15, 0.2) is 0 Å². The smallest absolute Gasteiger partial charge is 0.326 e. The van der Waals surface area contributed by atoms with Gasteiger partial charge in [0.05, 0.1) is 6.42 Å². The van der Waals surface area contributed by atoms with Crippen molar-refractivity contribution in [1.29, 1.82) is 0 Å². The second-order valence-electron chi connectivity index (χ2n) is 3.75. The molecule has 0 aliphatic heterocycles. The van der Waals surface area contributed by atoms with Gasteiger partial charge in [0.1, 0.15) is 11.6 Å². The Bertz CT molecular complexity index is 310. The summed E-state index contributed by atoms with van der Waals surface area (Å²) in [5, 5.41) is 19.4. The van der Waals surface area contributed by atoms with Crippen LogP contribution in [0.5, 0.6) is 0 Å². The van der Waals surface area contributed by atoms with E-state index in [0.717, 1.165) is 0 Å². The van der Waals surface area contributed by atoms with Crippen LogP contribution in [-0.4, -0.2) is 46.8 Å². The van der Waals surface area contributed by atoms with E-state index in [1.807, 2.05) is 0 Å². The Morgan fingerprint density at radius 3 is 2.18 bits per heavy atom. The zero-order valence-electron chi connectivity index (χ0n) is 10.0. The van der Waals surface area contributed by atoms with Crippen LogP contribution in [0, 0.1) is 0 Å². The Morgan fingerprint density at radius 2 is 1.88 bits per heavy atom. The molecule has 2 unspecified atom stereocenters. The molecule has 0 aromatic heterocycles. The third-order valence-corrected chi connectivity index (χ3v) is 2.59. The maximum atomic E-state index is 11.7. The van der Waals surface area contributed by atoms with Gasteiger partial charge in [0.2, 0.25) is 0 Å². The Hall–Kier alpha value is -1.63. The van der Waals surface area contributed by atoms with Gasteiger partial charge in [-0.2, -0.15) is 0 Å². The number of nitrogens with one attached hydrogen (secondary N) is 1. The fraction of sp³-hybridized carbons (Fsp3) is 0.700. The fourth-order valence-electron chi connectivity index (χ4n) is 1.08. The predicted octanol–water partition coefficient (Wildman–Crippen LogP) is -0.154. The van der Waals surface area contributed by atoms with Gasteiger partial charge in [-0.05, 0) is 13.3 Å². The lowest BCUT2D eigenvalue weighted by molar-refractivity contribution is -0.151. The number of carboxylic acid groups (broad SMARTS) is 2. The number of carboxylic acids is 2. The number of hydrogen-bond acceptors (Lipinski definition) is 4. The molecule has 0 saturated carbocycles. The number of methoxy groups -OCH3 is 1. The number of carbonyl (C=O) groups is 3. The molecule has 0 radical (unpaired) electrons. The minimum Gasteiger partial charge on any atom is -0.481 e. The van der Waals surface area contributed by atoms with Gasteiger partial charge in [0.25, 0.3) is 5.91 Å². The van der Waals surface area contributed by atoms with Gasteiger partial charge in [-0.3, -0.25) is 9.59 Å². The van der Waals surface area contributed by atoms with Crippen LogP contribution in [-0.2, 0) is 19.1 Å². The molecule has 0 aliphatic rings. The first-order valence-electron chi connectivity index (χ1n) is 5.07. The molecule has 3 N–H and O–H groups in total. The lowest BCUT2D eigenvalue weighted by Crippen LogP contribution is -2.52. The summed E-state index contributed by atoms with van der Waals surface area (Å²) in [6, 6.07) is -1.46. The van der Waals surface area contributed by atoms with Crippen molar-refractivity contribution < 1.29 is 29.3 Å². The molecule has 0 aromatic carbocycles. The molecular weight excluding hydrogens is 230 g/mol. The highest BCUT2D eigenvalue weighted by Crippen LogP contribution is 2.14. The zero-order valence-corrected chi connectivity index (χ0v) is 10.0. The van der Waals surface area contributed by atoms with Crippen LogP contribution in [0.4, 0.5) is 0 Å². The minimum absolute atomic E-state index is 0.342. The molecule has 7 nitrogen and oxygen atoms in total. The number of hydrogen-bond donors (Lipinski definition) is 3. The van der Waals surface area contributed by atoms with E-state index in [1.165, 1.54) is 14.0 Å². The van der Waals surface area contributed by atoms with Gasteiger partial charge in [-0.25, -0.2) is 4.79 Å². The lowest BCUT2D eigenvalue weighted by Gasteiger charge is -2.26. The standard InChI is InChI=1S/C10H17NO6/c1-4-10(2,17-3)9(16)11-6(8(14)15)5-7(12)13/h6H,4-5H2,1-3H3,(H,11,16)(H,12,13)(H,14,15). The van der Waals surface area contributed by atoms with Crippen LogP contribution in [0.1, 0.15) is 26.7 Å². The Balaban J connectivity index is 4.71. The molecule has 0 spiro atoms. The van der Waals surface area contributed by atoms with E-state index >= 15 is 0 Å². The predicted molar refractivity (Wildman–Crippen MR) is 57.5 cm³/mol. The van der Waals surface area contributed by atoms with Crippen molar-refractivity contribution in [1.82, 2.24) is 5.32 Å². The van der Waals surface area contributed by atoms with Crippen molar-refractivity contribution in [3.63, 3.8) is 0 Å².